The van der Waals surface area contributed by atoms with Crippen LogP contribution in [0.3, 0.4) is 0 Å². The Labute approximate surface area is 153 Å². The molecule has 1 amide bonds. The van der Waals surface area contributed by atoms with E-state index in [9.17, 15) is 10.1 Å². The molecule has 24 heavy (non-hydrogen) atoms. The number of methoxy groups -OCH3 is 1. The average molecular weight is 406 g/mol. The summed E-state index contributed by atoms with van der Waals surface area (Å²) in [7, 11) is 1.49. The number of nitrogens with zero attached hydrogens (tertiary/aromatic N) is 1. The first kappa shape index (κ1) is 18.1. The zero-order chi connectivity index (χ0) is 17.7. The number of nitriles is 1. The second kappa shape index (κ2) is 8.00. The Morgan fingerprint density at radius 2 is 2.12 bits per heavy atom. The monoisotopic (exact) mass is 404 g/mol. The van der Waals surface area contributed by atoms with Gasteiger partial charge in [0.05, 0.1) is 12.8 Å². The van der Waals surface area contributed by atoms with Crippen molar-refractivity contribution in [1.29, 1.82) is 5.26 Å². The third kappa shape index (κ3) is 4.38. The quantitative estimate of drug-likeness (QED) is 0.577. The molecular formula is C18H14BrClN2O2. The van der Waals surface area contributed by atoms with Crippen LogP contribution in [-0.2, 0) is 4.79 Å². The van der Waals surface area contributed by atoms with Crippen molar-refractivity contribution in [1.82, 2.24) is 0 Å². The number of halogens is 2. The van der Waals surface area contributed by atoms with Gasteiger partial charge in [0.1, 0.15) is 17.4 Å². The van der Waals surface area contributed by atoms with Crippen LogP contribution in [0.15, 0.2) is 46.4 Å². The van der Waals surface area contributed by atoms with Crippen molar-refractivity contribution in [3.05, 3.63) is 62.6 Å². The van der Waals surface area contributed by atoms with E-state index >= 15 is 0 Å². The maximum atomic E-state index is 12.4. The molecule has 0 atom stereocenters. The highest BCUT2D eigenvalue weighted by molar-refractivity contribution is 9.10. The van der Waals surface area contributed by atoms with E-state index in [-0.39, 0.29) is 5.57 Å². The lowest BCUT2D eigenvalue weighted by Gasteiger charge is -2.12. The van der Waals surface area contributed by atoms with Gasteiger partial charge in [-0.15, -0.1) is 0 Å². The summed E-state index contributed by atoms with van der Waals surface area (Å²) in [5.74, 6) is -0.0869. The molecule has 0 saturated carbocycles. The van der Waals surface area contributed by atoms with Crippen molar-refractivity contribution in [3.63, 3.8) is 0 Å². The molecule has 0 radical (unpaired) electrons. The zero-order valence-electron chi connectivity index (χ0n) is 13.1. The van der Waals surface area contributed by atoms with E-state index in [4.69, 9.17) is 16.3 Å². The van der Waals surface area contributed by atoms with Crippen LogP contribution >= 0.6 is 27.5 Å². The van der Waals surface area contributed by atoms with Gasteiger partial charge in [-0.2, -0.15) is 5.26 Å². The summed E-state index contributed by atoms with van der Waals surface area (Å²) in [6.45, 7) is 1.82. The molecule has 0 aliphatic rings. The molecule has 0 bridgehead atoms. The summed E-state index contributed by atoms with van der Waals surface area (Å²) in [6, 6.07) is 12.6. The van der Waals surface area contributed by atoms with Crippen LogP contribution in [0.1, 0.15) is 11.1 Å². The van der Waals surface area contributed by atoms with E-state index < -0.39 is 5.91 Å². The normalized spacial score (nSPS) is 10.9. The SMILES string of the molecule is COc1cc(Cl)c(C)cc1NC(=O)/C(C#N)=C\c1cccc(Br)c1. The smallest absolute Gasteiger partial charge is 0.266 e. The number of rotatable bonds is 4. The van der Waals surface area contributed by atoms with Crippen molar-refractivity contribution < 1.29 is 9.53 Å². The van der Waals surface area contributed by atoms with Crippen molar-refractivity contribution >= 4 is 45.2 Å². The van der Waals surface area contributed by atoms with Gasteiger partial charge in [-0.25, -0.2) is 0 Å². The van der Waals surface area contributed by atoms with Gasteiger partial charge in [0.15, 0.2) is 0 Å². The Bertz CT molecular complexity index is 857. The van der Waals surface area contributed by atoms with E-state index in [2.05, 4.69) is 21.2 Å². The highest BCUT2D eigenvalue weighted by atomic mass is 79.9. The van der Waals surface area contributed by atoms with Crippen LogP contribution in [0.2, 0.25) is 5.02 Å². The maximum absolute atomic E-state index is 12.4. The molecule has 0 spiro atoms. The Morgan fingerprint density at radius 1 is 1.38 bits per heavy atom. The summed E-state index contributed by atoms with van der Waals surface area (Å²) in [5.41, 5.74) is 1.99. The van der Waals surface area contributed by atoms with Crippen LogP contribution in [0, 0.1) is 18.3 Å². The first-order chi connectivity index (χ1) is 11.4. The fraction of sp³-hybridized carbons (Fsp3) is 0.111. The van der Waals surface area contributed by atoms with Crippen LogP contribution in [-0.4, -0.2) is 13.0 Å². The molecular weight excluding hydrogens is 392 g/mol. The van der Waals surface area contributed by atoms with Crippen LogP contribution < -0.4 is 10.1 Å². The van der Waals surface area contributed by atoms with Gasteiger partial charge >= 0.3 is 0 Å². The van der Waals surface area contributed by atoms with Gasteiger partial charge in [-0.3, -0.25) is 4.79 Å². The average Bonchev–Trinajstić information content (AvgIpc) is 2.55. The molecule has 0 aliphatic heterocycles. The largest absolute Gasteiger partial charge is 0.495 e. The standard InChI is InChI=1S/C18H14BrClN2O2/c1-11-6-16(17(24-2)9-15(11)20)22-18(23)13(10-21)7-12-4-3-5-14(19)8-12/h3-9H,1-2H3,(H,22,23)/b13-7-. The van der Waals surface area contributed by atoms with Gasteiger partial charge in [0.2, 0.25) is 0 Å². The molecule has 0 heterocycles. The number of hydrogen-bond donors (Lipinski definition) is 1. The predicted octanol–water partition coefficient (Wildman–Crippen LogP) is 4.97. The molecule has 122 valence electrons. The lowest BCUT2D eigenvalue weighted by molar-refractivity contribution is -0.112. The second-order valence-electron chi connectivity index (χ2n) is 4.98. The number of carbonyl (C=O) groups excluding carboxylic acids is 1. The molecule has 6 heteroatoms. The summed E-state index contributed by atoms with van der Waals surface area (Å²) >= 11 is 9.41. The Kier molecular flexibility index (Phi) is 6.02. The van der Waals surface area contributed by atoms with Gasteiger partial charge in [-0.05, 0) is 42.3 Å². The number of amides is 1. The number of carbonyl (C=O) groups is 1. The second-order valence-corrected chi connectivity index (χ2v) is 6.30. The number of nitrogens with one attached hydrogen (secondary N) is 1. The number of ether oxygens (including phenoxy) is 1. The summed E-state index contributed by atoms with van der Waals surface area (Å²) in [4.78, 5) is 12.4. The van der Waals surface area contributed by atoms with E-state index in [1.54, 1.807) is 12.1 Å². The lowest BCUT2D eigenvalue weighted by atomic mass is 10.1. The maximum Gasteiger partial charge on any atom is 0.266 e. The fourth-order valence-corrected chi connectivity index (χ4v) is 2.60. The van der Waals surface area contributed by atoms with E-state index in [0.717, 1.165) is 15.6 Å². The van der Waals surface area contributed by atoms with E-state index in [0.29, 0.717) is 16.5 Å². The molecule has 0 fully saturated rings. The number of hydrogen-bond acceptors (Lipinski definition) is 3. The van der Waals surface area contributed by atoms with Gasteiger partial charge in [0.25, 0.3) is 5.91 Å². The minimum atomic E-state index is -0.516. The molecule has 2 aromatic carbocycles. The fourth-order valence-electron chi connectivity index (χ4n) is 2.03. The molecule has 1 N–H and O–H groups in total. The Morgan fingerprint density at radius 3 is 2.75 bits per heavy atom. The van der Waals surface area contributed by atoms with Crippen LogP contribution in [0.4, 0.5) is 5.69 Å². The number of aryl methyl sites for hydroxylation is 1. The number of anilines is 1. The first-order valence-electron chi connectivity index (χ1n) is 6.97. The molecule has 0 aromatic heterocycles. The van der Waals surface area contributed by atoms with Crippen molar-refractivity contribution in [2.45, 2.75) is 6.92 Å². The summed E-state index contributed by atoms with van der Waals surface area (Å²) in [5, 5.41) is 12.5. The summed E-state index contributed by atoms with van der Waals surface area (Å²) in [6.07, 6.45) is 1.52. The van der Waals surface area contributed by atoms with Crippen LogP contribution in [0.25, 0.3) is 6.08 Å². The summed E-state index contributed by atoms with van der Waals surface area (Å²) < 4.78 is 6.09. The van der Waals surface area contributed by atoms with Gasteiger partial charge < -0.3 is 10.1 Å². The number of benzene rings is 2. The Hall–Kier alpha value is -2.29. The lowest BCUT2D eigenvalue weighted by Crippen LogP contribution is -2.14. The highest BCUT2D eigenvalue weighted by Gasteiger charge is 2.14. The van der Waals surface area contributed by atoms with Gasteiger partial charge in [-0.1, -0.05) is 39.7 Å². The van der Waals surface area contributed by atoms with Crippen molar-refractivity contribution in [2.24, 2.45) is 0 Å². The highest BCUT2D eigenvalue weighted by Crippen LogP contribution is 2.31. The van der Waals surface area contributed by atoms with E-state index in [1.807, 2.05) is 37.3 Å². The minimum Gasteiger partial charge on any atom is -0.495 e. The van der Waals surface area contributed by atoms with Crippen LogP contribution in [0.5, 0.6) is 5.75 Å². The van der Waals surface area contributed by atoms with Crippen molar-refractivity contribution in [3.8, 4) is 11.8 Å². The molecule has 0 unspecified atom stereocenters. The van der Waals surface area contributed by atoms with E-state index in [1.165, 1.54) is 13.2 Å². The third-order valence-electron chi connectivity index (χ3n) is 3.25. The third-order valence-corrected chi connectivity index (χ3v) is 4.15. The molecule has 4 nitrogen and oxygen atoms in total. The van der Waals surface area contributed by atoms with Crippen molar-refractivity contribution in [2.75, 3.05) is 12.4 Å². The Balaban J connectivity index is 2.31. The zero-order valence-corrected chi connectivity index (χ0v) is 15.4. The molecule has 2 aromatic rings. The van der Waals surface area contributed by atoms with Gasteiger partial charge in [0, 0.05) is 15.6 Å². The molecule has 0 aliphatic carbocycles. The molecule has 2 rings (SSSR count). The first-order valence-corrected chi connectivity index (χ1v) is 8.14. The minimum absolute atomic E-state index is 0.0113. The topological polar surface area (TPSA) is 62.1 Å². The molecule has 0 saturated heterocycles. The predicted molar refractivity (Wildman–Crippen MR) is 99.1 cm³/mol.